The monoisotopic (exact) mass is 413 g/mol. The van der Waals surface area contributed by atoms with E-state index >= 15 is 0 Å². The molecule has 0 spiro atoms. The number of aromatic nitrogens is 1. The van der Waals surface area contributed by atoms with E-state index in [2.05, 4.69) is 10.3 Å². The fourth-order valence-corrected chi connectivity index (χ4v) is 3.42. The van der Waals surface area contributed by atoms with Crippen LogP contribution in [0.2, 0.25) is 0 Å². The summed E-state index contributed by atoms with van der Waals surface area (Å²) in [6.07, 6.45) is 7.72. The lowest BCUT2D eigenvalue weighted by Gasteiger charge is -2.22. The molecular weight excluding hydrogens is 386 g/mol. The predicted octanol–water partition coefficient (Wildman–Crippen LogP) is 3.17. The molecule has 1 aromatic heterocycles. The topological polar surface area (TPSA) is 113 Å². The van der Waals surface area contributed by atoms with Crippen LogP contribution in [0.15, 0.2) is 36.5 Å². The van der Waals surface area contributed by atoms with Gasteiger partial charge in [-0.1, -0.05) is 19.3 Å². The minimum absolute atomic E-state index is 0.280. The Morgan fingerprint density at radius 3 is 2.63 bits per heavy atom. The Labute approximate surface area is 175 Å². The van der Waals surface area contributed by atoms with Gasteiger partial charge in [0.2, 0.25) is 0 Å². The third-order valence-electron chi connectivity index (χ3n) is 5.00. The first-order valence-electron chi connectivity index (χ1n) is 10.0. The summed E-state index contributed by atoms with van der Waals surface area (Å²) in [6, 6.07) is 8.22. The van der Waals surface area contributed by atoms with Crippen molar-refractivity contribution in [3.8, 4) is 17.2 Å². The number of ether oxygens (including phenoxy) is 3. The number of hydrogen-bond donors (Lipinski definition) is 2. The van der Waals surface area contributed by atoms with Gasteiger partial charge in [0, 0.05) is 11.8 Å². The van der Waals surface area contributed by atoms with Crippen LogP contribution in [0.4, 0.5) is 5.82 Å². The molecular formula is C22H27N3O5. The third-order valence-corrected chi connectivity index (χ3v) is 5.00. The molecule has 3 rings (SSSR count). The van der Waals surface area contributed by atoms with Gasteiger partial charge in [-0.25, -0.2) is 4.98 Å². The van der Waals surface area contributed by atoms with Crippen LogP contribution in [-0.4, -0.2) is 37.1 Å². The fourth-order valence-electron chi connectivity index (χ4n) is 3.42. The molecule has 0 aliphatic heterocycles. The van der Waals surface area contributed by atoms with E-state index in [0.29, 0.717) is 41.2 Å². The van der Waals surface area contributed by atoms with Crippen molar-refractivity contribution in [2.75, 3.05) is 25.6 Å². The Hall–Kier alpha value is -3.29. The quantitative estimate of drug-likeness (QED) is 0.653. The Kier molecular flexibility index (Phi) is 7.48. The molecule has 0 saturated heterocycles. The fraction of sp³-hybridized carbons (Fsp3) is 0.409. The number of rotatable bonds is 9. The van der Waals surface area contributed by atoms with Gasteiger partial charge in [0.05, 0.1) is 13.7 Å². The summed E-state index contributed by atoms with van der Waals surface area (Å²) in [5, 5.41) is 2.79. The normalized spacial score (nSPS) is 14.0. The molecule has 0 atom stereocenters. The summed E-state index contributed by atoms with van der Waals surface area (Å²) in [4.78, 5) is 27.9. The van der Waals surface area contributed by atoms with Crippen molar-refractivity contribution < 1.29 is 23.8 Å². The van der Waals surface area contributed by atoms with Gasteiger partial charge in [-0.05, 0) is 49.1 Å². The van der Waals surface area contributed by atoms with E-state index < -0.39 is 5.91 Å². The van der Waals surface area contributed by atoms with Crippen molar-refractivity contribution in [1.29, 1.82) is 0 Å². The molecule has 8 heteroatoms. The number of primary amides is 1. The second kappa shape index (κ2) is 10.5. The van der Waals surface area contributed by atoms with Crippen molar-refractivity contribution in [2.45, 2.75) is 32.1 Å². The molecule has 2 aromatic rings. The van der Waals surface area contributed by atoms with E-state index in [1.54, 1.807) is 30.5 Å². The minimum Gasteiger partial charge on any atom is -0.493 e. The highest BCUT2D eigenvalue weighted by Crippen LogP contribution is 2.30. The zero-order chi connectivity index (χ0) is 21.3. The predicted molar refractivity (Wildman–Crippen MR) is 112 cm³/mol. The zero-order valence-electron chi connectivity index (χ0n) is 17.1. The van der Waals surface area contributed by atoms with E-state index in [9.17, 15) is 9.59 Å². The Bertz CT molecular complexity index is 881. The summed E-state index contributed by atoms with van der Waals surface area (Å²) in [6.45, 7) is 0.339. The first kappa shape index (κ1) is 21.4. The van der Waals surface area contributed by atoms with Crippen LogP contribution >= 0.6 is 0 Å². The highest BCUT2D eigenvalue weighted by atomic mass is 16.5. The number of anilines is 1. The number of amides is 2. The number of carbonyl (C=O) groups is 2. The molecule has 2 amide bonds. The molecule has 160 valence electrons. The van der Waals surface area contributed by atoms with Crippen LogP contribution in [0.25, 0.3) is 0 Å². The number of nitrogens with zero attached hydrogens (tertiary/aromatic N) is 1. The molecule has 1 aromatic carbocycles. The van der Waals surface area contributed by atoms with Crippen LogP contribution in [0.5, 0.6) is 17.2 Å². The molecule has 0 unspecified atom stereocenters. The van der Waals surface area contributed by atoms with Gasteiger partial charge in [-0.15, -0.1) is 0 Å². The standard InChI is InChI=1S/C22H27N3O5/c1-28-19-12-16(9-10-17(19)30-14-20(23)26)22(27)25-21-18(8-5-11-24-21)29-13-15-6-3-2-4-7-15/h5,8-12,15H,2-4,6-7,13-14H2,1H3,(H2,23,26)(H,24,25,27). The second-order valence-electron chi connectivity index (χ2n) is 7.24. The number of benzene rings is 1. The Morgan fingerprint density at radius 1 is 1.10 bits per heavy atom. The molecule has 1 aliphatic carbocycles. The molecule has 1 heterocycles. The number of nitrogens with one attached hydrogen (secondary N) is 1. The third kappa shape index (κ3) is 5.85. The van der Waals surface area contributed by atoms with Gasteiger partial charge in [-0.3, -0.25) is 9.59 Å². The van der Waals surface area contributed by atoms with Crippen molar-refractivity contribution in [3.63, 3.8) is 0 Å². The molecule has 8 nitrogen and oxygen atoms in total. The lowest BCUT2D eigenvalue weighted by atomic mass is 9.90. The number of methoxy groups -OCH3 is 1. The first-order chi connectivity index (χ1) is 14.6. The SMILES string of the molecule is COc1cc(C(=O)Nc2ncccc2OCC2CCCCC2)ccc1OCC(N)=O. The van der Waals surface area contributed by atoms with E-state index in [1.165, 1.54) is 45.3 Å². The number of carbonyl (C=O) groups excluding carboxylic acids is 2. The van der Waals surface area contributed by atoms with Crippen LogP contribution in [0.3, 0.4) is 0 Å². The lowest BCUT2D eigenvalue weighted by molar-refractivity contribution is -0.119. The second-order valence-corrected chi connectivity index (χ2v) is 7.24. The molecule has 30 heavy (non-hydrogen) atoms. The molecule has 1 saturated carbocycles. The van der Waals surface area contributed by atoms with Crippen LogP contribution < -0.4 is 25.3 Å². The molecule has 0 bridgehead atoms. The summed E-state index contributed by atoms with van der Waals surface area (Å²) in [5.74, 6) is 1.13. The highest BCUT2D eigenvalue weighted by Gasteiger charge is 2.17. The molecule has 3 N–H and O–H groups in total. The van der Waals surface area contributed by atoms with Gasteiger partial charge in [-0.2, -0.15) is 0 Å². The Morgan fingerprint density at radius 2 is 1.90 bits per heavy atom. The maximum Gasteiger partial charge on any atom is 0.257 e. The average molecular weight is 413 g/mol. The maximum absolute atomic E-state index is 12.7. The molecule has 1 aliphatic rings. The summed E-state index contributed by atoms with van der Waals surface area (Å²) >= 11 is 0. The van der Waals surface area contributed by atoms with Gasteiger partial charge < -0.3 is 25.3 Å². The first-order valence-corrected chi connectivity index (χ1v) is 10.0. The summed E-state index contributed by atoms with van der Waals surface area (Å²) in [7, 11) is 1.45. The van der Waals surface area contributed by atoms with Crippen LogP contribution in [0, 0.1) is 5.92 Å². The van der Waals surface area contributed by atoms with Gasteiger partial charge in [0.1, 0.15) is 0 Å². The van der Waals surface area contributed by atoms with Gasteiger partial charge in [0.15, 0.2) is 29.7 Å². The van der Waals surface area contributed by atoms with Crippen molar-refractivity contribution in [3.05, 3.63) is 42.1 Å². The number of nitrogens with two attached hydrogens (primary N) is 1. The van der Waals surface area contributed by atoms with Crippen molar-refractivity contribution in [1.82, 2.24) is 4.98 Å². The smallest absolute Gasteiger partial charge is 0.257 e. The number of hydrogen-bond acceptors (Lipinski definition) is 6. The summed E-state index contributed by atoms with van der Waals surface area (Å²) in [5.41, 5.74) is 5.44. The van der Waals surface area contributed by atoms with E-state index in [0.717, 1.165) is 0 Å². The summed E-state index contributed by atoms with van der Waals surface area (Å²) < 4.78 is 16.5. The average Bonchev–Trinajstić information content (AvgIpc) is 2.77. The maximum atomic E-state index is 12.7. The highest BCUT2D eigenvalue weighted by molar-refractivity contribution is 6.04. The van der Waals surface area contributed by atoms with E-state index in [4.69, 9.17) is 19.9 Å². The minimum atomic E-state index is -0.602. The van der Waals surface area contributed by atoms with Gasteiger partial charge >= 0.3 is 0 Å². The largest absolute Gasteiger partial charge is 0.493 e. The van der Waals surface area contributed by atoms with Crippen molar-refractivity contribution in [2.24, 2.45) is 11.7 Å². The van der Waals surface area contributed by atoms with Crippen molar-refractivity contribution >= 4 is 17.6 Å². The molecule has 1 fully saturated rings. The lowest BCUT2D eigenvalue weighted by Crippen LogP contribution is -2.20. The van der Waals surface area contributed by atoms with E-state index in [-0.39, 0.29) is 12.5 Å². The molecule has 0 radical (unpaired) electrons. The van der Waals surface area contributed by atoms with Crippen LogP contribution in [-0.2, 0) is 4.79 Å². The number of pyridine rings is 1. The zero-order valence-corrected chi connectivity index (χ0v) is 17.1. The van der Waals surface area contributed by atoms with Gasteiger partial charge in [0.25, 0.3) is 11.8 Å². The van der Waals surface area contributed by atoms with E-state index in [1.807, 2.05) is 0 Å². The van der Waals surface area contributed by atoms with Crippen LogP contribution in [0.1, 0.15) is 42.5 Å². The Balaban J connectivity index is 1.67.